The summed E-state index contributed by atoms with van der Waals surface area (Å²) in [6, 6.07) is 8.80. The van der Waals surface area contributed by atoms with Gasteiger partial charge in [0.25, 0.3) is 0 Å². The summed E-state index contributed by atoms with van der Waals surface area (Å²) in [5.41, 5.74) is 2.55. The highest BCUT2D eigenvalue weighted by molar-refractivity contribution is 5.29. The highest BCUT2D eigenvalue weighted by Crippen LogP contribution is 2.25. The first-order valence-electron chi connectivity index (χ1n) is 5.88. The number of nitrogens with one attached hydrogen (secondary N) is 1. The fraction of sp³-hybridized carbons (Fsp3) is 0.429. The van der Waals surface area contributed by atoms with Crippen LogP contribution < -0.4 is 5.32 Å². The van der Waals surface area contributed by atoms with E-state index in [9.17, 15) is 0 Å². The second-order valence-electron chi connectivity index (χ2n) is 4.23. The molecule has 2 rings (SSSR count). The Labute approximate surface area is 97.3 Å². The van der Waals surface area contributed by atoms with Crippen LogP contribution in [0.1, 0.15) is 30.0 Å². The molecule has 0 fully saturated rings. The molecule has 0 bridgehead atoms. The summed E-state index contributed by atoms with van der Waals surface area (Å²) in [5, 5.41) is 3.31. The van der Waals surface area contributed by atoms with Gasteiger partial charge in [-0.1, -0.05) is 29.8 Å². The van der Waals surface area contributed by atoms with Crippen molar-refractivity contribution in [3.8, 4) is 0 Å². The van der Waals surface area contributed by atoms with E-state index >= 15 is 0 Å². The van der Waals surface area contributed by atoms with Crippen LogP contribution >= 0.6 is 0 Å². The Morgan fingerprint density at radius 2 is 2.00 bits per heavy atom. The minimum Gasteiger partial charge on any atom is -0.496 e. The van der Waals surface area contributed by atoms with Gasteiger partial charge in [-0.15, -0.1) is 0 Å². The number of aryl methyl sites for hydroxylation is 1. The van der Waals surface area contributed by atoms with Gasteiger partial charge in [0.15, 0.2) is 0 Å². The maximum atomic E-state index is 5.71. The molecule has 1 unspecified atom stereocenters. The number of allylic oxidation sites excluding steroid dienone is 1. The number of rotatable bonds is 3. The topological polar surface area (TPSA) is 21.3 Å². The van der Waals surface area contributed by atoms with Crippen LogP contribution in [0.5, 0.6) is 0 Å². The van der Waals surface area contributed by atoms with Crippen molar-refractivity contribution in [3.05, 3.63) is 47.2 Å². The van der Waals surface area contributed by atoms with Crippen LogP contribution in [-0.4, -0.2) is 13.7 Å². The standard InChI is InChI=1S/C14H19NO/c1-11-6-8-12(9-7-11)14(15-2)13-5-3-4-10-16-13/h5-9,14-15H,3-4,10H2,1-2H3. The van der Waals surface area contributed by atoms with E-state index in [0.717, 1.165) is 25.2 Å². The summed E-state index contributed by atoms with van der Waals surface area (Å²) in [4.78, 5) is 0. The van der Waals surface area contributed by atoms with Crippen LogP contribution in [-0.2, 0) is 4.74 Å². The number of likely N-dealkylation sites (N-methyl/N-ethyl adjacent to an activating group) is 1. The monoisotopic (exact) mass is 217 g/mol. The van der Waals surface area contributed by atoms with Gasteiger partial charge in [0.05, 0.1) is 12.6 Å². The van der Waals surface area contributed by atoms with Crippen molar-refractivity contribution >= 4 is 0 Å². The Kier molecular flexibility index (Phi) is 3.62. The molecule has 0 amide bonds. The zero-order valence-electron chi connectivity index (χ0n) is 9.99. The number of ether oxygens (including phenoxy) is 1. The third-order valence-corrected chi connectivity index (χ3v) is 2.95. The lowest BCUT2D eigenvalue weighted by molar-refractivity contribution is 0.169. The molecule has 2 nitrogen and oxygen atoms in total. The normalized spacial score (nSPS) is 17.5. The van der Waals surface area contributed by atoms with E-state index in [-0.39, 0.29) is 6.04 Å². The van der Waals surface area contributed by atoms with Gasteiger partial charge in [-0.3, -0.25) is 0 Å². The second kappa shape index (κ2) is 5.17. The van der Waals surface area contributed by atoms with E-state index in [1.165, 1.54) is 11.1 Å². The maximum absolute atomic E-state index is 5.71. The molecule has 1 N–H and O–H groups in total. The SMILES string of the molecule is CNC(C1=CCCCO1)c1ccc(C)cc1. The van der Waals surface area contributed by atoms with Gasteiger partial charge in [-0.25, -0.2) is 0 Å². The molecule has 1 heterocycles. The van der Waals surface area contributed by atoms with Gasteiger partial charge >= 0.3 is 0 Å². The first kappa shape index (κ1) is 11.2. The Morgan fingerprint density at radius 1 is 1.25 bits per heavy atom. The summed E-state index contributed by atoms with van der Waals surface area (Å²) >= 11 is 0. The largest absolute Gasteiger partial charge is 0.496 e. The molecule has 0 radical (unpaired) electrons. The average molecular weight is 217 g/mol. The molecule has 2 heteroatoms. The van der Waals surface area contributed by atoms with E-state index in [0.29, 0.717) is 0 Å². The van der Waals surface area contributed by atoms with Crippen LogP contribution in [0.2, 0.25) is 0 Å². The Morgan fingerprint density at radius 3 is 2.56 bits per heavy atom. The lowest BCUT2D eigenvalue weighted by atomic mass is 10.0. The lowest BCUT2D eigenvalue weighted by Crippen LogP contribution is -2.21. The lowest BCUT2D eigenvalue weighted by Gasteiger charge is -2.23. The highest BCUT2D eigenvalue weighted by atomic mass is 16.5. The molecule has 1 atom stereocenters. The molecule has 0 spiro atoms. The summed E-state index contributed by atoms with van der Waals surface area (Å²) in [7, 11) is 1.98. The fourth-order valence-electron chi connectivity index (χ4n) is 2.01. The number of benzene rings is 1. The van der Waals surface area contributed by atoms with Crippen LogP contribution in [0.4, 0.5) is 0 Å². The van der Waals surface area contributed by atoms with Crippen molar-refractivity contribution in [1.82, 2.24) is 5.32 Å². The van der Waals surface area contributed by atoms with E-state index in [4.69, 9.17) is 4.74 Å². The van der Waals surface area contributed by atoms with Gasteiger partial charge in [0.1, 0.15) is 5.76 Å². The summed E-state index contributed by atoms with van der Waals surface area (Å²) < 4.78 is 5.71. The highest BCUT2D eigenvalue weighted by Gasteiger charge is 2.17. The predicted molar refractivity (Wildman–Crippen MR) is 66.2 cm³/mol. The average Bonchev–Trinajstić information content (AvgIpc) is 2.34. The third-order valence-electron chi connectivity index (χ3n) is 2.95. The molecule has 1 aliphatic rings. The van der Waals surface area contributed by atoms with Crippen molar-refractivity contribution in [1.29, 1.82) is 0 Å². The fourth-order valence-corrected chi connectivity index (χ4v) is 2.01. The van der Waals surface area contributed by atoms with Gasteiger partial charge in [-0.05, 0) is 38.5 Å². The Balaban J connectivity index is 2.21. The number of hydrogen-bond donors (Lipinski definition) is 1. The van der Waals surface area contributed by atoms with E-state index in [2.05, 4.69) is 42.6 Å². The van der Waals surface area contributed by atoms with Gasteiger partial charge in [-0.2, -0.15) is 0 Å². The van der Waals surface area contributed by atoms with Crippen molar-refractivity contribution in [2.75, 3.05) is 13.7 Å². The predicted octanol–water partition coefficient (Wildman–Crippen LogP) is 2.95. The van der Waals surface area contributed by atoms with Crippen molar-refractivity contribution in [2.45, 2.75) is 25.8 Å². The van der Waals surface area contributed by atoms with Gasteiger partial charge in [0, 0.05) is 0 Å². The molecule has 0 aliphatic carbocycles. The van der Waals surface area contributed by atoms with E-state index in [1.54, 1.807) is 0 Å². The van der Waals surface area contributed by atoms with Crippen LogP contribution in [0, 0.1) is 6.92 Å². The summed E-state index contributed by atoms with van der Waals surface area (Å²) in [5.74, 6) is 1.07. The summed E-state index contributed by atoms with van der Waals surface area (Å²) in [6.45, 7) is 2.95. The minimum absolute atomic E-state index is 0.195. The molecule has 0 saturated heterocycles. The van der Waals surface area contributed by atoms with Crippen molar-refractivity contribution in [3.63, 3.8) is 0 Å². The van der Waals surface area contributed by atoms with E-state index < -0.39 is 0 Å². The minimum atomic E-state index is 0.195. The van der Waals surface area contributed by atoms with Crippen LogP contribution in [0.15, 0.2) is 36.1 Å². The Hall–Kier alpha value is -1.28. The first-order valence-corrected chi connectivity index (χ1v) is 5.88. The van der Waals surface area contributed by atoms with Gasteiger partial charge in [0.2, 0.25) is 0 Å². The van der Waals surface area contributed by atoms with E-state index in [1.807, 2.05) is 7.05 Å². The maximum Gasteiger partial charge on any atom is 0.113 e. The van der Waals surface area contributed by atoms with Crippen LogP contribution in [0.3, 0.4) is 0 Å². The van der Waals surface area contributed by atoms with Crippen molar-refractivity contribution < 1.29 is 4.74 Å². The van der Waals surface area contributed by atoms with Crippen LogP contribution in [0.25, 0.3) is 0 Å². The number of hydrogen-bond acceptors (Lipinski definition) is 2. The second-order valence-corrected chi connectivity index (χ2v) is 4.23. The Bertz CT molecular complexity index is 367. The van der Waals surface area contributed by atoms with Gasteiger partial charge < -0.3 is 10.1 Å². The molecule has 1 aromatic rings. The zero-order valence-corrected chi connectivity index (χ0v) is 9.99. The quantitative estimate of drug-likeness (QED) is 0.840. The first-order chi connectivity index (χ1) is 7.81. The molecular formula is C14H19NO. The summed E-state index contributed by atoms with van der Waals surface area (Å²) in [6.07, 6.45) is 4.46. The van der Waals surface area contributed by atoms with Crippen molar-refractivity contribution in [2.24, 2.45) is 0 Å². The third kappa shape index (κ3) is 2.45. The molecule has 86 valence electrons. The molecule has 1 aromatic carbocycles. The smallest absolute Gasteiger partial charge is 0.113 e. The zero-order chi connectivity index (χ0) is 11.4. The molecular weight excluding hydrogens is 198 g/mol. The molecule has 16 heavy (non-hydrogen) atoms. The molecule has 0 aromatic heterocycles. The molecule has 1 aliphatic heterocycles. The molecule has 0 saturated carbocycles.